The summed E-state index contributed by atoms with van der Waals surface area (Å²) in [6.07, 6.45) is 6.69. The van der Waals surface area contributed by atoms with E-state index < -0.39 is 0 Å². The van der Waals surface area contributed by atoms with Crippen LogP contribution in [0.4, 0.5) is 0 Å². The molecular weight excluding hydrogens is 330 g/mol. The molecule has 0 saturated heterocycles. The van der Waals surface area contributed by atoms with Crippen LogP contribution in [0, 0.1) is 6.92 Å². The van der Waals surface area contributed by atoms with Gasteiger partial charge in [0.25, 0.3) is 5.56 Å². The van der Waals surface area contributed by atoms with Crippen molar-refractivity contribution in [3.63, 3.8) is 0 Å². The lowest BCUT2D eigenvalue weighted by Gasteiger charge is -2.16. The van der Waals surface area contributed by atoms with Crippen LogP contribution in [0.2, 0.25) is 0 Å². The summed E-state index contributed by atoms with van der Waals surface area (Å²) in [4.78, 5) is 36.8. The zero-order valence-corrected chi connectivity index (χ0v) is 14.6. The molecular formula is C19H19N5O2. The highest BCUT2D eigenvalue weighted by Gasteiger charge is 2.15. The molecule has 7 heteroatoms. The van der Waals surface area contributed by atoms with Gasteiger partial charge >= 0.3 is 0 Å². The monoisotopic (exact) mass is 349 g/mol. The zero-order valence-electron chi connectivity index (χ0n) is 14.6. The summed E-state index contributed by atoms with van der Waals surface area (Å²) in [6.45, 7) is 3.72. The highest BCUT2D eigenvalue weighted by molar-refractivity contribution is 5.76. The first-order valence-corrected chi connectivity index (χ1v) is 8.23. The number of pyridine rings is 2. The number of hydrogen-bond acceptors (Lipinski definition) is 5. The number of amides is 1. The fourth-order valence-corrected chi connectivity index (χ4v) is 2.65. The maximum Gasteiger partial charge on any atom is 0.250 e. The van der Waals surface area contributed by atoms with Crippen LogP contribution in [0.25, 0.3) is 11.4 Å². The van der Waals surface area contributed by atoms with Gasteiger partial charge in [0.05, 0.1) is 6.04 Å². The summed E-state index contributed by atoms with van der Waals surface area (Å²) in [6, 6.07) is 8.20. The standard InChI is InChI=1S/C19H19N5O2/c1-13(22-17(25)12-24-10-4-3-5-18(24)26)16-11-21-19(23-14(16)2)15-6-8-20-9-7-15/h3-11,13H,12H2,1-2H3,(H,22,25)/t13-/m1/s1. The maximum atomic E-state index is 12.2. The van der Waals surface area contributed by atoms with Crippen molar-refractivity contribution in [3.05, 3.63) is 76.7 Å². The van der Waals surface area contributed by atoms with Crippen molar-refractivity contribution in [2.45, 2.75) is 26.4 Å². The minimum absolute atomic E-state index is 0.0288. The molecule has 0 aromatic carbocycles. The molecule has 1 N–H and O–H groups in total. The van der Waals surface area contributed by atoms with Crippen LogP contribution in [0.15, 0.2) is 59.9 Å². The van der Waals surface area contributed by atoms with E-state index in [1.807, 2.05) is 26.0 Å². The Bertz CT molecular complexity index is 969. The van der Waals surface area contributed by atoms with Crippen LogP contribution in [-0.2, 0) is 11.3 Å². The molecule has 1 atom stereocenters. The van der Waals surface area contributed by atoms with Crippen LogP contribution >= 0.6 is 0 Å². The lowest BCUT2D eigenvalue weighted by Crippen LogP contribution is -2.33. The molecule has 3 aromatic heterocycles. The summed E-state index contributed by atoms with van der Waals surface area (Å²) >= 11 is 0. The number of carbonyl (C=O) groups is 1. The van der Waals surface area contributed by atoms with E-state index in [-0.39, 0.29) is 24.1 Å². The van der Waals surface area contributed by atoms with Gasteiger partial charge < -0.3 is 9.88 Å². The molecule has 7 nitrogen and oxygen atoms in total. The minimum atomic E-state index is -0.270. The molecule has 0 aliphatic rings. The Kier molecular flexibility index (Phi) is 5.17. The maximum absolute atomic E-state index is 12.2. The Morgan fingerprint density at radius 2 is 2.00 bits per heavy atom. The number of carbonyl (C=O) groups excluding carboxylic acids is 1. The Morgan fingerprint density at radius 3 is 2.69 bits per heavy atom. The van der Waals surface area contributed by atoms with Crippen molar-refractivity contribution in [3.8, 4) is 11.4 Å². The number of hydrogen-bond donors (Lipinski definition) is 1. The van der Waals surface area contributed by atoms with E-state index >= 15 is 0 Å². The van der Waals surface area contributed by atoms with Crippen molar-refractivity contribution in [2.75, 3.05) is 0 Å². The van der Waals surface area contributed by atoms with Crippen molar-refractivity contribution in [1.29, 1.82) is 0 Å². The second-order valence-corrected chi connectivity index (χ2v) is 5.93. The summed E-state index contributed by atoms with van der Waals surface area (Å²) in [5.41, 5.74) is 2.29. The number of aromatic nitrogens is 4. The molecule has 0 bridgehead atoms. The van der Waals surface area contributed by atoms with E-state index in [9.17, 15) is 9.59 Å². The lowest BCUT2D eigenvalue weighted by molar-refractivity contribution is -0.122. The zero-order chi connectivity index (χ0) is 18.5. The Balaban J connectivity index is 1.71. The van der Waals surface area contributed by atoms with Gasteiger partial charge in [0.1, 0.15) is 6.54 Å². The van der Waals surface area contributed by atoms with Gasteiger partial charge in [0, 0.05) is 47.7 Å². The molecule has 3 rings (SSSR count). The second-order valence-electron chi connectivity index (χ2n) is 5.93. The van der Waals surface area contributed by atoms with E-state index in [0.717, 1.165) is 16.8 Å². The van der Waals surface area contributed by atoms with Crippen LogP contribution in [-0.4, -0.2) is 25.4 Å². The van der Waals surface area contributed by atoms with Crippen molar-refractivity contribution in [1.82, 2.24) is 24.8 Å². The average Bonchev–Trinajstić information content (AvgIpc) is 2.64. The van der Waals surface area contributed by atoms with Crippen molar-refractivity contribution >= 4 is 5.91 Å². The van der Waals surface area contributed by atoms with Crippen LogP contribution < -0.4 is 10.9 Å². The van der Waals surface area contributed by atoms with Gasteiger partial charge in [-0.05, 0) is 32.0 Å². The SMILES string of the molecule is Cc1nc(-c2ccncc2)ncc1[C@@H](C)NC(=O)Cn1ccccc1=O. The van der Waals surface area contributed by atoms with Crippen molar-refractivity contribution in [2.24, 2.45) is 0 Å². The second kappa shape index (κ2) is 7.69. The van der Waals surface area contributed by atoms with Gasteiger partial charge in [0.15, 0.2) is 5.82 Å². The summed E-state index contributed by atoms with van der Waals surface area (Å²) in [5.74, 6) is 0.367. The molecule has 0 unspecified atom stereocenters. The highest BCUT2D eigenvalue weighted by atomic mass is 16.2. The predicted octanol–water partition coefficient (Wildman–Crippen LogP) is 1.89. The van der Waals surface area contributed by atoms with Gasteiger partial charge in [-0.1, -0.05) is 6.07 Å². The Morgan fingerprint density at radius 1 is 1.23 bits per heavy atom. The fourth-order valence-electron chi connectivity index (χ4n) is 2.65. The number of nitrogens with zero attached hydrogens (tertiary/aromatic N) is 4. The van der Waals surface area contributed by atoms with Gasteiger partial charge in [-0.25, -0.2) is 9.97 Å². The molecule has 0 fully saturated rings. The average molecular weight is 349 g/mol. The van der Waals surface area contributed by atoms with Crippen LogP contribution in [0.1, 0.15) is 24.2 Å². The third kappa shape index (κ3) is 4.00. The fraction of sp³-hybridized carbons (Fsp3) is 0.211. The lowest BCUT2D eigenvalue weighted by atomic mass is 10.1. The Hall–Kier alpha value is -3.35. The van der Waals surface area contributed by atoms with Gasteiger partial charge in [0.2, 0.25) is 5.91 Å². The summed E-state index contributed by atoms with van der Waals surface area (Å²) in [7, 11) is 0. The molecule has 0 radical (unpaired) electrons. The molecule has 0 aliphatic heterocycles. The van der Waals surface area contributed by atoms with Gasteiger partial charge in [-0.15, -0.1) is 0 Å². The molecule has 132 valence electrons. The number of rotatable bonds is 5. The number of aryl methyl sites for hydroxylation is 1. The molecule has 1 amide bonds. The first-order chi connectivity index (χ1) is 12.5. The molecule has 0 spiro atoms. The molecule has 0 aliphatic carbocycles. The third-order valence-corrected chi connectivity index (χ3v) is 4.01. The molecule has 0 saturated carbocycles. The largest absolute Gasteiger partial charge is 0.348 e. The van der Waals surface area contributed by atoms with Crippen LogP contribution in [0.3, 0.4) is 0 Å². The van der Waals surface area contributed by atoms with E-state index in [0.29, 0.717) is 5.82 Å². The molecule has 3 heterocycles. The Labute approximate surface area is 150 Å². The predicted molar refractivity (Wildman–Crippen MR) is 97.3 cm³/mol. The summed E-state index contributed by atoms with van der Waals surface area (Å²) in [5, 5.41) is 2.88. The quantitative estimate of drug-likeness (QED) is 0.760. The highest BCUT2D eigenvalue weighted by Crippen LogP contribution is 2.19. The van der Waals surface area contributed by atoms with E-state index in [1.165, 1.54) is 10.6 Å². The first kappa shape index (κ1) is 17.5. The topological polar surface area (TPSA) is 89.8 Å². The van der Waals surface area contributed by atoms with Gasteiger partial charge in [-0.2, -0.15) is 0 Å². The van der Waals surface area contributed by atoms with E-state index in [1.54, 1.807) is 36.9 Å². The van der Waals surface area contributed by atoms with E-state index in [4.69, 9.17) is 0 Å². The van der Waals surface area contributed by atoms with E-state index in [2.05, 4.69) is 20.3 Å². The smallest absolute Gasteiger partial charge is 0.250 e. The first-order valence-electron chi connectivity index (χ1n) is 8.23. The van der Waals surface area contributed by atoms with Crippen LogP contribution in [0.5, 0.6) is 0 Å². The third-order valence-electron chi connectivity index (χ3n) is 4.01. The minimum Gasteiger partial charge on any atom is -0.348 e. The van der Waals surface area contributed by atoms with Gasteiger partial charge in [-0.3, -0.25) is 14.6 Å². The number of nitrogens with one attached hydrogen (secondary N) is 1. The summed E-state index contributed by atoms with van der Waals surface area (Å²) < 4.78 is 1.36. The molecule has 3 aromatic rings. The normalized spacial score (nSPS) is 11.8. The van der Waals surface area contributed by atoms with Crippen molar-refractivity contribution < 1.29 is 4.79 Å². The molecule has 26 heavy (non-hydrogen) atoms.